The Morgan fingerprint density at radius 1 is 1.44 bits per heavy atom. The lowest BCUT2D eigenvalue weighted by Gasteiger charge is -2.08. The van der Waals surface area contributed by atoms with Gasteiger partial charge in [-0.25, -0.2) is 4.98 Å². The first-order valence-corrected chi connectivity index (χ1v) is 5.35. The molecule has 0 unspecified atom stereocenters. The van der Waals surface area contributed by atoms with Gasteiger partial charge in [-0.15, -0.1) is 0 Å². The lowest BCUT2D eigenvalue weighted by molar-refractivity contribution is -0.118. The Kier molecular flexibility index (Phi) is 4.57. The van der Waals surface area contributed by atoms with Crippen LogP contribution in [0, 0.1) is 6.92 Å². The van der Waals surface area contributed by atoms with Crippen LogP contribution < -0.4 is 16.8 Å². The number of nitrogens with one attached hydrogen (secondary N) is 1. The predicted molar refractivity (Wildman–Crippen MR) is 64.9 cm³/mol. The molecule has 0 aliphatic heterocycles. The van der Waals surface area contributed by atoms with Crippen LogP contribution in [0.15, 0.2) is 12.1 Å². The monoisotopic (exact) mass is 222 g/mol. The summed E-state index contributed by atoms with van der Waals surface area (Å²) in [5.74, 6) is 0.451. The van der Waals surface area contributed by atoms with E-state index in [0.29, 0.717) is 17.9 Å². The fourth-order valence-electron chi connectivity index (χ4n) is 1.34. The number of carbonyl (C=O) groups is 1. The van der Waals surface area contributed by atoms with Crippen molar-refractivity contribution in [1.29, 1.82) is 0 Å². The van der Waals surface area contributed by atoms with Gasteiger partial charge in [0.2, 0.25) is 5.91 Å². The van der Waals surface area contributed by atoms with E-state index < -0.39 is 0 Å². The Bertz CT molecular complexity index is 365. The first-order chi connectivity index (χ1) is 7.59. The summed E-state index contributed by atoms with van der Waals surface area (Å²) in [6.45, 7) is 2.66. The maximum absolute atomic E-state index is 10.5. The lowest BCUT2D eigenvalue weighted by Crippen LogP contribution is -2.11. The fraction of sp³-hybridized carbons (Fsp3) is 0.455. The highest BCUT2D eigenvalue weighted by Gasteiger charge is 2.00. The van der Waals surface area contributed by atoms with E-state index in [9.17, 15) is 4.79 Å². The van der Waals surface area contributed by atoms with Crippen molar-refractivity contribution in [1.82, 2.24) is 4.98 Å². The van der Waals surface area contributed by atoms with E-state index in [1.807, 2.05) is 19.1 Å². The molecule has 1 aromatic heterocycles. The molecular weight excluding hydrogens is 204 g/mol. The van der Waals surface area contributed by atoms with Crippen molar-refractivity contribution in [3.05, 3.63) is 17.8 Å². The van der Waals surface area contributed by atoms with Crippen molar-refractivity contribution >= 4 is 17.4 Å². The van der Waals surface area contributed by atoms with Crippen LogP contribution in [0.4, 0.5) is 11.5 Å². The van der Waals surface area contributed by atoms with Crippen molar-refractivity contribution in [2.24, 2.45) is 5.73 Å². The standard InChI is InChI=1S/C11H18N4O/c1-8-5-6-9(12)11(15-8)14-7-3-2-4-10(13)16/h5-6H,2-4,7,12H2,1H3,(H2,13,16)(H,14,15). The average Bonchev–Trinajstić information content (AvgIpc) is 2.22. The lowest BCUT2D eigenvalue weighted by atomic mass is 10.2. The molecule has 5 nitrogen and oxygen atoms in total. The fourth-order valence-corrected chi connectivity index (χ4v) is 1.34. The smallest absolute Gasteiger partial charge is 0.217 e. The van der Waals surface area contributed by atoms with Gasteiger partial charge in [-0.1, -0.05) is 0 Å². The van der Waals surface area contributed by atoms with Crippen LogP contribution in [0.1, 0.15) is 25.0 Å². The first kappa shape index (κ1) is 12.3. The zero-order chi connectivity index (χ0) is 12.0. The van der Waals surface area contributed by atoms with Gasteiger partial charge in [0, 0.05) is 18.7 Å². The summed E-state index contributed by atoms with van der Waals surface area (Å²) in [6.07, 6.45) is 2.09. The third-order valence-corrected chi connectivity index (χ3v) is 2.21. The minimum atomic E-state index is -0.256. The number of nitrogens with two attached hydrogens (primary N) is 2. The van der Waals surface area contributed by atoms with Gasteiger partial charge in [-0.2, -0.15) is 0 Å². The molecule has 5 N–H and O–H groups in total. The van der Waals surface area contributed by atoms with Gasteiger partial charge >= 0.3 is 0 Å². The van der Waals surface area contributed by atoms with Gasteiger partial charge in [0.05, 0.1) is 5.69 Å². The number of hydrogen-bond donors (Lipinski definition) is 3. The molecule has 0 radical (unpaired) electrons. The highest BCUT2D eigenvalue weighted by Crippen LogP contribution is 2.15. The summed E-state index contributed by atoms with van der Waals surface area (Å²) in [5, 5.41) is 3.14. The topological polar surface area (TPSA) is 94.0 Å². The van der Waals surface area contributed by atoms with Gasteiger partial charge in [0.25, 0.3) is 0 Å². The minimum Gasteiger partial charge on any atom is -0.396 e. The van der Waals surface area contributed by atoms with Gasteiger partial charge in [-0.3, -0.25) is 4.79 Å². The van der Waals surface area contributed by atoms with E-state index in [-0.39, 0.29) is 5.91 Å². The van der Waals surface area contributed by atoms with Crippen LogP contribution in [-0.2, 0) is 4.79 Å². The molecular formula is C11H18N4O. The van der Waals surface area contributed by atoms with E-state index in [4.69, 9.17) is 11.5 Å². The van der Waals surface area contributed by atoms with E-state index in [1.165, 1.54) is 0 Å². The molecule has 0 aliphatic rings. The maximum Gasteiger partial charge on any atom is 0.217 e. The van der Waals surface area contributed by atoms with E-state index in [1.54, 1.807) is 0 Å². The zero-order valence-corrected chi connectivity index (χ0v) is 9.49. The second-order valence-electron chi connectivity index (χ2n) is 3.74. The van der Waals surface area contributed by atoms with Crippen LogP contribution in [0.2, 0.25) is 0 Å². The summed E-state index contributed by atoms with van der Waals surface area (Å²) in [4.78, 5) is 14.8. The van der Waals surface area contributed by atoms with Gasteiger partial charge in [0.15, 0.2) is 0 Å². The average molecular weight is 222 g/mol. The Hall–Kier alpha value is -1.78. The highest BCUT2D eigenvalue weighted by molar-refractivity contribution is 5.73. The molecule has 5 heteroatoms. The first-order valence-electron chi connectivity index (χ1n) is 5.35. The van der Waals surface area contributed by atoms with E-state index in [2.05, 4.69) is 10.3 Å². The maximum atomic E-state index is 10.5. The number of primary amides is 1. The third-order valence-electron chi connectivity index (χ3n) is 2.21. The molecule has 1 heterocycles. The van der Waals surface area contributed by atoms with Crippen LogP contribution in [0.3, 0.4) is 0 Å². The molecule has 0 spiro atoms. The summed E-state index contributed by atoms with van der Waals surface area (Å²) >= 11 is 0. The van der Waals surface area contributed by atoms with Gasteiger partial charge in [0.1, 0.15) is 5.82 Å². The number of anilines is 2. The largest absolute Gasteiger partial charge is 0.396 e. The second kappa shape index (κ2) is 5.95. The molecule has 0 aliphatic carbocycles. The Labute approximate surface area is 95.2 Å². The number of hydrogen-bond acceptors (Lipinski definition) is 4. The third kappa shape index (κ3) is 4.16. The number of aryl methyl sites for hydroxylation is 1. The molecule has 16 heavy (non-hydrogen) atoms. The number of nitrogens with zero attached hydrogens (tertiary/aromatic N) is 1. The molecule has 0 atom stereocenters. The molecule has 1 amide bonds. The van der Waals surface area contributed by atoms with Crippen molar-refractivity contribution in [3.8, 4) is 0 Å². The minimum absolute atomic E-state index is 0.256. The molecule has 1 rings (SSSR count). The van der Waals surface area contributed by atoms with E-state index >= 15 is 0 Å². The summed E-state index contributed by atoms with van der Waals surface area (Å²) in [6, 6.07) is 3.70. The predicted octanol–water partition coefficient (Wildman–Crippen LogP) is 1.04. The quantitative estimate of drug-likeness (QED) is 0.627. The van der Waals surface area contributed by atoms with Crippen molar-refractivity contribution in [2.45, 2.75) is 26.2 Å². The van der Waals surface area contributed by atoms with Gasteiger partial charge < -0.3 is 16.8 Å². The number of unbranched alkanes of at least 4 members (excludes halogenated alkanes) is 1. The van der Waals surface area contributed by atoms with Crippen LogP contribution in [-0.4, -0.2) is 17.4 Å². The molecule has 0 fully saturated rings. The molecule has 0 saturated carbocycles. The van der Waals surface area contributed by atoms with Crippen LogP contribution in [0.25, 0.3) is 0 Å². The van der Waals surface area contributed by atoms with Crippen molar-refractivity contribution in [3.63, 3.8) is 0 Å². The van der Waals surface area contributed by atoms with Gasteiger partial charge in [-0.05, 0) is 31.9 Å². The van der Waals surface area contributed by atoms with Crippen LogP contribution in [0.5, 0.6) is 0 Å². The molecule has 0 saturated heterocycles. The number of rotatable bonds is 6. The normalized spacial score (nSPS) is 10.1. The summed E-state index contributed by atoms with van der Waals surface area (Å²) < 4.78 is 0. The molecule has 1 aromatic rings. The molecule has 88 valence electrons. The number of carbonyl (C=O) groups excluding carboxylic acids is 1. The summed E-state index contributed by atoms with van der Waals surface area (Å²) in [7, 11) is 0. The molecule has 0 aromatic carbocycles. The number of pyridine rings is 1. The van der Waals surface area contributed by atoms with Crippen molar-refractivity contribution in [2.75, 3.05) is 17.6 Å². The Balaban J connectivity index is 2.31. The Morgan fingerprint density at radius 2 is 2.19 bits per heavy atom. The SMILES string of the molecule is Cc1ccc(N)c(NCCCCC(N)=O)n1. The second-order valence-corrected chi connectivity index (χ2v) is 3.74. The number of amides is 1. The highest BCUT2D eigenvalue weighted by atomic mass is 16.1. The zero-order valence-electron chi connectivity index (χ0n) is 9.49. The molecule has 0 bridgehead atoms. The number of nitrogen functional groups attached to an aromatic ring is 1. The van der Waals surface area contributed by atoms with Crippen molar-refractivity contribution < 1.29 is 4.79 Å². The van der Waals surface area contributed by atoms with E-state index in [0.717, 1.165) is 25.1 Å². The Morgan fingerprint density at radius 3 is 2.88 bits per heavy atom. The summed E-state index contributed by atoms with van der Waals surface area (Å²) in [5.41, 5.74) is 12.4. The number of aromatic nitrogens is 1. The van der Waals surface area contributed by atoms with Crippen LogP contribution >= 0.6 is 0 Å².